The van der Waals surface area contributed by atoms with Crippen LogP contribution >= 0.6 is 11.8 Å². The van der Waals surface area contributed by atoms with Crippen molar-refractivity contribution in [2.24, 2.45) is 5.92 Å². The van der Waals surface area contributed by atoms with E-state index in [1.54, 1.807) is 0 Å². The molecule has 0 aromatic carbocycles. The fraction of sp³-hybridized carbons (Fsp3) is 1.00. The SMILES string of the molecule is O=S(=O)(NCCN1CCSCC1)N1CCCC(CO)C1. The molecule has 2 N–H and O–H groups in total. The van der Waals surface area contributed by atoms with Crippen molar-refractivity contribution in [1.82, 2.24) is 13.9 Å². The number of nitrogens with one attached hydrogen (secondary N) is 1. The zero-order valence-electron chi connectivity index (χ0n) is 11.8. The largest absolute Gasteiger partial charge is 0.396 e. The number of hydrogen-bond donors (Lipinski definition) is 2. The Balaban J connectivity index is 1.75. The molecule has 1 atom stereocenters. The highest BCUT2D eigenvalue weighted by Crippen LogP contribution is 2.17. The van der Waals surface area contributed by atoms with Gasteiger partial charge < -0.3 is 10.0 Å². The van der Waals surface area contributed by atoms with Gasteiger partial charge in [-0.15, -0.1) is 0 Å². The predicted octanol–water partition coefficient (Wildman–Crippen LogP) is -0.426. The molecule has 118 valence electrons. The first-order valence-corrected chi connectivity index (χ1v) is 9.87. The second-order valence-corrected chi connectivity index (χ2v) is 8.38. The highest BCUT2D eigenvalue weighted by atomic mass is 32.2. The Morgan fingerprint density at radius 1 is 1.25 bits per heavy atom. The van der Waals surface area contributed by atoms with E-state index < -0.39 is 10.2 Å². The lowest BCUT2D eigenvalue weighted by Gasteiger charge is -2.31. The van der Waals surface area contributed by atoms with E-state index in [9.17, 15) is 13.5 Å². The fourth-order valence-electron chi connectivity index (χ4n) is 2.64. The maximum Gasteiger partial charge on any atom is 0.279 e. The fourth-order valence-corrected chi connectivity index (χ4v) is 4.93. The van der Waals surface area contributed by atoms with E-state index in [1.807, 2.05) is 11.8 Å². The van der Waals surface area contributed by atoms with Gasteiger partial charge in [-0.1, -0.05) is 0 Å². The molecule has 20 heavy (non-hydrogen) atoms. The van der Waals surface area contributed by atoms with E-state index in [0.29, 0.717) is 19.6 Å². The van der Waals surface area contributed by atoms with Crippen molar-refractivity contribution in [2.45, 2.75) is 12.8 Å². The van der Waals surface area contributed by atoms with Gasteiger partial charge in [-0.3, -0.25) is 0 Å². The summed E-state index contributed by atoms with van der Waals surface area (Å²) < 4.78 is 28.6. The van der Waals surface area contributed by atoms with E-state index in [-0.39, 0.29) is 12.5 Å². The molecule has 0 aliphatic carbocycles. The number of nitrogens with zero attached hydrogens (tertiary/aromatic N) is 2. The predicted molar refractivity (Wildman–Crippen MR) is 82.1 cm³/mol. The zero-order valence-corrected chi connectivity index (χ0v) is 13.5. The van der Waals surface area contributed by atoms with Crippen LogP contribution in [0, 0.1) is 5.92 Å². The first-order valence-electron chi connectivity index (χ1n) is 7.27. The summed E-state index contributed by atoms with van der Waals surface area (Å²) in [6.07, 6.45) is 1.74. The zero-order chi connectivity index (χ0) is 14.4. The Kier molecular flexibility index (Phi) is 6.57. The lowest BCUT2D eigenvalue weighted by Crippen LogP contribution is -2.48. The van der Waals surface area contributed by atoms with Gasteiger partial charge >= 0.3 is 0 Å². The summed E-state index contributed by atoms with van der Waals surface area (Å²) in [6.45, 7) is 4.39. The van der Waals surface area contributed by atoms with Gasteiger partial charge in [0, 0.05) is 57.4 Å². The number of aliphatic hydroxyl groups excluding tert-OH is 1. The van der Waals surface area contributed by atoms with E-state index in [4.69, 9.17) is 0 Å². The molecule has 1 unspecified atom stereocenters. The summed E-state index contributed by atoms with van der Waals surface area (Å²) in [4.78, 5) is 2.30. The second kappa shape index (κ2) is 7.95. The van der Waals surface area contributed by atoms with Crippen LogP contribution in [0.15, 0.2) is 0 Å². The van der Waals surface area contributed by atoms with Crippen LogP contribution in [0.2, 0.25) is 0 Å². The molecule has 0 saturated carbocycles. The molecule has 2 heterocycles. The van der Waals surface area contributed by atoms with Crippen LogP contribution in [0.4, 0.5) is 0 Å². The van der Waals surface area contributed by atoms with Crippen molar-refractivity contribution in [3.63, 3.8) is 0 Å². The molecule has 0 amide bonds. The van der Waals surface area contributed by atoms with Crippen molar-refractivity contribution in [3.05, 3.63) is 0 Å². The Hall–Kier alpha value is 0.140. The average molecular weight is 323 g/mol. The van der Waals surface area contributed by atoms with Crippen LogP contribution in [0.5, 0.6) is 0 Å². The lowest BCUT2D eigenvalue weighted by atomic mass is 10.0. The molecule has 2 aliphatic rings. The Morgan fingerprint density at radius 2 is 2.00 bits per heavy atom. The van der Waals surface area contributed by atoms with Crippen molar-refractivity contribution in [2.75, 3.05) is 57.4 Å². The molecule has 2 fully saturated rings. The van der Waals surface area contributed by atoms with Crippen molar-refractivity contribution < 1.29 is 13.5 Å². The standard InChI is InChI=1S/C12H25N3O3S2/c16-11-12-2-1-4-15(10-12)20(17,18)13-3-5-14-6-8-19-9-7-14/h12-13,16H,1-11H2. The molecule has 0 aromatic heterocycles. The number of piperidine rings is 1. The summed E-state index contributed by atoms with van der Waals surface area (Å²) >= 11 is 1.95. The summed E-state index contributed by atoms with van der Waals surface area (Å²) in [5, 5.41) is 9.17. The molecule has 0 radical (unpaired) electrons. The Morgan fingerprint density at radius 3 is 2.70 bits per heavy atom. The number of rotatable bonds is 6. The van der Waals surface area contributed by atoms with Gasteiger partial charge in [0.25, 0.3) is 10.2 Å². The van der Waals surface area contributed by atoms with Gasteiger partial charge in [-0.2, -0.15) is 24.5 Å². The molecular formula is C12H25N3O3S2. The summed E-state index contributed by atoms with van der Waals surface area (Å²) in [5.74, 6) is 2.35. The first-order chi connectivity index (χ1) is 9.62. The molecule has 0 spiro atoms. The third kappa shape index (κ3) is 4.85. The van der Waals surface area contributed by atoms with Crippen LogP contribution < -0.4 is 4.72 Å². The van der Waals surface area contributed by atoms with Gasteiger partial charge in [0.15, 0.2) is 0 Å². The minimum atomic E-state index is -3.39. The van der Waals surface area contributed by atoms with Crippen molar-refractivity contribution in [1.29, 1.82) is 0 Å². The quantitative estimate of drug-likeness (QED) is 0.694. The van der Waals surface area contributed by atoms with Gasteiger partial charge in [0.2, 0.25) is 0 Å². The van der Waals surface area contributed by atoms with Crippen LogP contribution in [-0.4, -0.2) is 80.1 Å². The third-order valence-corrected chi connectivity index (χ3v) is 6.42. The Bertz CT molecular complexity index is 385. The maximum absolute atomic E-state index is 12.2. The van der Waals surface area contributed by atoms with Gasteiger partial charge in [0.05, 0.1) is 0 Å². The van der Waals surface area contributed by atoms with Crippen LogP contribution in [0.3, 0.4) is 0 Å². The molecule has 2 rings (SSSR count). The van der Waals surface area contributed by atoms with Gasteiger partial charge in [-0.05, 0) is 18.8 Å². The summed E-state index contributed by atoms with van der Waals surface area (Å²) in [6, 6.07) is 0. The van der Waals surface area contributed by atoms with E-state index in [1.165, 1.54) is 4.31 Å². The van der Waals surface area contributed by atoms with E-state index in [0.717, 1.165) is 44.0 Å². The monoisotopic (exact) mass is 323 g/mol. The molecule has 8 heteroatoms. The van der Waals surface area contributed by atoms with E-state index in [2.05, 4.69) is 9.62 Å². The minimum Gasteiger partial charge on any atom is -0.396 e. The molecule has 2 saturated heterocycles. The number of aliphatic hydroxyl groups is 1. The molecule has 6 nitrogen and oxygen atoms in total. The number of thioether (sulfide) groups is 1. The van der Waals surface area contributed by atoms with E-state index >= 15 is 0 Å². The van der Waals surface area contributed by atoms with Crippen molar-refractivity contribution >= 4 is 22.0 Å². The van der Waals surface area contributed by atoms with Crippen molar-refractivity contribution in [3.8, 4) is 0 Å². The van der Waals surface area contributed by atoms with Crippen LogP contribution in [0.25, 0.3) is 0 Å². The maximum atomic E-state index is 12.2. The third-order valence-electron chi connectivity index (χ3n) is 3.90. The van der Waals surface area contributed by atoms with Crippen LogP contribution in [-0.2, 0) is 10.2 Å². The Labute approximate surface area is 126 Å². The molecule has 0 bridgehead atoms. The second-order valence-electron chi connectivity index (χ2n) is 5.40. The summed E-state index contributed by atoms with van der Waals surface area (Å²) in [7, 11) is -3.39. The van der Waals surface area contributed by atoms with Gasteiger partial charge in [0.1, 0.15) is 0 Å². The highest BCUT2D eigenvalue weighted by molar-refractivity contribution is 7.99. The van der Waals surface area contributed by atoms with Gasteiger partial charge in [-0.25, -0.2) is 4.72 Å². The smallest absolute Gasteiger partial charge is 0.279 e. The molecule has 0 aromatic rings. The first kappa shape index (κ1) is 16.5. The molecular weight excluding hydrogens is 298 g/mol. The highest BCUT2D eigenvalue weighted by Gasteiger charge is 2.28. The topological polar surface area (TPSA) is 72.9 Å². The lowest BCUT2D eigenvalue weighted by molar-refractivity contribution is 0.164. The normalized spacial score (nSPS) is 26.8. The van der Waals surface area contributed by atoms with Crippen LogP contribution in [0.1, 0.15) is 12.8 Å². The summed E-state index contributed by atoms with van der Waals surface area (Å²) in [5.41, 5.74) is 0. The molecule has 2 aliphatic heterocycles. The average Bonchev–Trinajstić information content (AvgIpc) is 2.48. The minimum absolute atomic E-state index is 0.0669. The number of hydrogen-bond acceptors (Lipinski definition) is 5.